The van der Waals surface area contributed by atoms with Gasteiger partial charge in [-0.1, -0.05) is 48.0 Å². The zero-order valence-corrected chi connectivity index (χ0v) is 19.1. The maximum absolute atomic E-state index is 12.3. The van der Waals surface area contributed by atoms with Crippen molar-refractivity contribution in [2.24, 2.45) is 0 Å². The first-order valence-electron chi connectivity index (χ1n) is 9.67. The number of halogens is 1. The molecule has 160 valence electrons. The summed E-state index contributed by atoms with van der Waals surface area (Å²) < 4.78 is 0. The summed E-state index contributed by atoms with van der Waals surface area (Å²) in [5.41, 5.74) is 3.01. The topological polar surface area (TPSA) is 71.1 Å². The Morgan fingerprint density at radius 2 is 1.72 bits per heavy atom. The van der Waals surface area contributed by atoms with Gasteiger partial charge in [0.25, 0.3) is 5.91 Å². The molecule has 1 aromatic heterocycles. The molecule has 0 bridgehead atoms. The van der Waals surface area contributed by atoms with E-state index in [0.717, 1.165) is 16.2 Å². The lowest BCUT2D eigenvalue weighted by Gasteiger charge is -2.07. The first kappa shape index (κ1) is 22.1. The number of carbonyl (C=O) groups is 2. The molecular formula is C24H18ClN3O2S2. The molecule has 3 aromatic carbocycles. The zero-order valence-electron chi connectivity index (χ0n) is 16.7. The highest BCUT2D eigenvalue weighted by Crippen LogP contribution is 2.25. The van der Waals surface area contributed by atoms with E-state index in [1.165, 1.54) is 23.1 Å². The number of benzene rings is 3. The highest BCUT2D eigenvalue weighted by molar-refractivity contribution is 8.00. The van der Waals surface area contributed by atoms with Gasteiger partial charge in [0.05, 0.1) is 11.4 Å². The summed E-state index contributed by atoms with van der Waals surface area (Å²) in [7, 11) is 0. The third-order valence-electron chi connectivity index (χ3n) is 4.39. The van der Waals surface area contributed by atoms with E-state index in [2.05, 4.69) is 15.6 Å². The predicted molar refractivity (Wildman–Crippen MR) is 133 cm³/mol. The quantitative estimate of drug-likeness (QED) is 0.299. The summed E-state index contributed by atoms with van der Waals surface area (Å²) in [4.78, 5) is 30.0. The number of thiazole rings is 1. The maximum Gasteiger partial charge on any atom is 0.255 e. The number of aromatic nitrogens is 1. The van der Waals surface area contributed by atoms with Gasteiger partial charge < -0.3 is 10.6 Å². The van der Waals surface area contributed by atoms with Gasteiger partial charge in [0.15, 0.2) is 5.13 Å². The molecule has 1 heterocycles. The van der Waals surface area contributed by atoms with Crippen molar-refractivity contribution in [3.05, 3.63) is 94.8 Å². The Morgan fingerprint density at radius 3 is 2.47 bits per heavy atom. The summed E-state index contributed by atoms with van der Waals surface area (Å²) in [6.45, 7) is 0. The van der Waals surface area contributed by atoms with E-state index >= 15 is 0 Å². The van der Waals surface area contributed by atoms with Gasteiger partial charge in [0.1, 0.15) is 0 Å². The molecule has 0 saturated heterocycles. The Kier molecular flexibility index (Phi) is 7.21. The van der Waals surface area contributed by atoms with Crippen LogP contribution in [0.3, 0.4) is 0 Å². The minimum atomic E-state index is -0.231. The van der Waals surface area contributed by atoms with Gasteiger partial charge in [-0.2, -0.15) is 0 Å². The Bertz CT molecular complexity index is 1230. The number of anilines is 2. The molecule has 8 heteroatoms. The fraction of sp³-hybridized carbons (Fsp3) is 0.0417. The molecule has 0 aliphatic carbocycles. The first-order valence-corrected chi connectivity index (χ1v) is 11.9. The van der Waals surface area contributed by atoms with Gasteiger partial charge in [-0.05, 0) is 42.5 Å². The van der Waals surface area contributed by atoms with Gasteiger partial charge in [-0.25, -0.2) is 4.98 Å². The first-order chi connectivity index (χ1) is 15.6. The molecule has 2 N–H and O–H groups in total. The number of hydrogen-bond acceptors (Lipinski definition) is 5. The molecular weight excluding hydrogens is 462 g/mol. The Balaban J connectivity index is 1.27. The highest BCUT2D eigenvalue weighted by atomic mass is 35.5. The highest BCUT2D eigenvalue weighted by Gasteiger charge is 2.10. The van der Waals surface area contributed by atoms with E-state index < -0.39 is 0 Å². The molecule has 2 amide bonds. The van der Waals surface area contributed by atoms with Gasteiger partial charge in [0, 0.05) is 32.1 Å². The molecule has 0 atom stereocenters. The van der Waals surface area contributed by atoms with Crippen LogP contribution < -0.4 is 10.6 Å². The minimum Gasteiger partial charge on any atom is -0.322 e. The monoisotopic (exact) mass is 479 g/mol. The molecule has 0 saturated carbocycles. The third kappa shape index (κ3) is 5.97. The second-order valence-electron chi connectivity index (χ2n) is 6.73. The van der Waals surface area contributed by atoms with Crippen LogP contribution in [0.25, 0.3) is 11.3 Å². The van der Waals surface area contributed by atoms with Crippen molar-refractivity contribution in [2.75, 3.05) is 16.4 Å². The Morgan fingerprint density at radius 1 is 0.938 bits per heavy atom. The molecule has 32 heavy (non-hydrogen) atoms. The minimum absolute atomic E-state index is 0.123. The molecule has 0 unspecified atom stereocenters. The van der Waals surface area contributed by atoms with E-state index in [0.29, 0.717) is 21.4 Å². The van der Waals surface area contributed by atoms with Crippen molar-refractivity contribution in [1.82, 2.24) is 4.98 Å². The summed E-state index contributed by atoms with van der Waals surface area (Å²) in [6, 6.07) is 23.9. The number of amides is 2. The van der Waals surface area contributed by atoms with Gasteiger partial charge in [-0.15, -0.1) is 23.1 Å². The van der Waals surface area contributed by atoms with E-state index in [9.17, 15) is 9.59 Å². The smallest absolute Gasteiger partial charge is 0.255 e. The lowest BCUT2D eigenvalue weighted by atomic mass is 10.2. The number of nitrogens with zero attached hydrogens (tertiary/aromatic N) is 1. The molecule has 0 fully saturated rings. The lowest BCUT2D eigenvalue weighted by molar-refractivity contribution is -0.113. The van der Waals surface area contributed by atoms with E-state index in [1.54, 1.807) is 36.4 Å². The van der Waals surface area contributed by atoms with Crippen molar-refractivity contribution in [1.29, 1.82) is 0 Å². The van der Waals surface area contributed by atoms with Crippen LogP contribution >= 0.6 is 34.7 Å². The van der Waals surface area contributed by atoms with E-state index in [-0.39, 0.29) is 17.6 Å². The molecule has 4 aromatic rings. The van der Waals surface area contributed by atoms with Crippen molar-refractivity contribution in [3.8, 4) is 11.3 Å². The maximum atomic E-state index is 12.3. The number of carbonyl (C=O) groups excluding carboxylic acids is 2. The van der Waals surface area contributed by atoms with Gasteiger partial charge in [0.2, 0.25) is 5.91 Å². The molecule has 0 spiro atoms. The Hall–Kier alpha value is -3.13. The van der Waals surface area contributed by atoms with Crippen molar-refractivity contribution < 1.29 is 9.59 Å². The number of thioether (sulfide) groups is 1. The SMILES string of the molecule is O=C(CSc1ccc(NC(=O)c2cccc(Cl)c2)cc1)Nc1nc(-c2ccccc2)cs1. The van der Waals surface area contributed by atoms with Crippen LogP contribution in [0.4, 0.5) is 10.8 Å². The average Bonchev–Trinajstić information content (AvgIpc) is 3.27. The normalized spacial score (nSPS) is 10.5. The summed E-state index contributed by atoms with van der Waals surface area (Å²) in [5.74, 6) is -0.0954. The number of rotatable bonds is 7. The van der Waals surface area contributed by atoms with Crippen LogP contribution in [0.2, 0.25) is 5.02 Å². The zero-order chi connectivity index (χ0) is 22.3. The van der Waals surface area contributed by atoms with Crippen LogP contribution in [0.5, 0.6) is 0 Å². The fourth-order valence-corrected chi connectivity index (χ4v) is 4.47. The fourth-order valence-electron chi connectivity index (χ4n) is 2.84. The van der Waals surface area contributed by atoms with Gasteiger partial charge >= 0.3 is 0 Å². The van der Waals surface area contributed by atoms with E-state index in [1.807, 2.05) is 47.8 Å². The standard InChI is InChI=1S/C24H18ClN3O2S2/c25-18-8-4-7-17(13-18)23(30)26-19-9-11-20(12-10-19)31-15-22(29)28-24-27-21(14-32-24)16-5-2-1-3-6-16/h1-14H,15H2,(H,26,30)(H,27,28,29). The summed E-state index contributed by atoms with van der Waals surface area (Å²) in [5, 5.41) is 8.69. The summed E-state index contributed by atoms with van der Waals surface area (Å²) in [6.07, 6.45) is 0. The molecule has 0 aliphatic rings. The molecule has 4 rings (SSSR count). The third-order valence-corrected chi connectivity index (χ3v) is 6.39. The van der Waals surface area contributed by atoms with Crippen molar-refractivity contribution in [2.45, 2.75) is 4.90 Å². The molecule has 0 radical (unpaired) electrons. The lowest BCUT2D eigenvalue weighted by Crippen LogP contribution is -2.13. The largest absolute Gasteiger partial charge is 0.322 e. The van der Waals surface area contributed by atoms with Crippen LogP contribution in [0, 0.1) is 0 Å². The van der Waals surface area contributed by atoms with Crippen LogP contribution in [-0.2, 0) is 4.79 Å². The molecule has 0 aliphatic heterocycles. The van der Waals surface area contributed by atoms with Gasteiger partial charge in [-0.3, -0.25) is 9.59 Å². The van der Waals surface area contributed by atoms with Crippen LogP contribution in [-0.4, -0.2) is 22.6 Å². The van der Waals surface area contributed by atoms with Crippen LogP contribution in [0.15, 0.2) is 89.1 Å². The van der Waals surface area contributed by atoms with Crippen molar-refractivity contribution >= 4 is 57.3 Å². The molecule has 5 nitrogen and oxygen atoms in total. The summed E-state index contributed by atoms with van der Waals surface area (Å²) >= 11 is 8.75. The van der Waals surface area contributed by atoms with Crippen LogP contribution in [0.1, 0.15) is 10.4 Å². The predicted octanol–water partition coefficient (Wildman–Crippen LogP) is 6.45. The second-order valence-corrected chi connectivity index (χ2v) is 9.07. The number of nitrogens with one attached hydrogen (secondary N) is 2. The van der Waals surface area contributed by atoms with Crippen molar-refractivity contribution in [3.63, 3.8) is 0 Å². The average molecular weight is 480 g/mol. The second kappa shape index (κ2) is 10.5. The van der Waals surface area contributed by atoms with E-state index in [4.69, 9.17) is 11.6 Å². The Labute approximate surface area is 198 Å². The number of hydrogen-bond donors (Lipinski definition) is 2.